The van der Waals surface area contributed by atoms with Gasteiger partial charge >= 0.3 is 0 Å². The maximum absolute atomic E-state index is 12.9. The number of anilines is 1. The molecule has 0 saturated carbocycles. The van der Waals surface area contributed by atoms with Crippen LogP contribution >= 0.6 is 22.9 Å². The summed E-state index contributed by atoms with van der Waals surface area (Å²) in [5.41, 5.74) is 3.55. The number of hydrogen-bond acceptors (Lipinski definition) is 4. The molecule has 0 unspecified atom stereocenters. The van der Waals surface area contributed by atoms with Gasteiger partial charge in [-0.3, -0.25) is 9.48 Å². The number of hydrogen-bond donors (Lipinski definition) is 1. The smallest absolute Gasteiger partial charge is 0.265 e. The number of benzene rings is 2. The highest BCUT2D eigenvalue weighted by Crippen LogP contribution is 2.30. The number of fused-ring (bicyclic) bond motifs is 1. The van der Waals surface area contributed by atoms with Gasteiger partial charge in [0.15, 0.2) is 0 Å². The molecule has 31 heavy (non-hydrogen) atoms. The minimum atomic E-state index is -0.164. The topological polar surface area (TPSA) is 64.7 Å². The summed E-state index contributed by atoms with van der Waals surface area (Å²) in [7, 11) is 0. The van der Waals surface area contributed by atoms with Gasteiger partial charge < -0.3 is 5.32 Å². The second-order valence-corrected chi connectivity index (χ2v) is 8.64. The van der Waals surface area contributed by atoms with Crippen molar-refractivity contribution in [2.75, 3.05) is 5.32 Å². The minimum Gasteiger partial charge on any atom is -0.319 e. The van der Waals surface area contributed by atoms with E-state index in [1.807, 2.05) is 78.5 Å². The molecule has 0 fully saturated rings. The Kier molecular flexibility index (Phi) is 5.05. The molecule has 0 spiro atoms. The van der Waals surface area contributed by atoms with Gasteiger partial charge in [-0.05, 0) is 42.8 Å². The summed E-state index contributed by atoms with van der Waals surface area (Å²) in [6.07, 6.45) is 3.45. The lowest BCUT2D eigenvalue weighted by molar-refractivity contribution is 0.103. The van der Waals surface area contributed by atoms with E-state index in [1.54, 1.807) is 10.9 Å². The standard InChI is InChI=1S/C23H18ClN5OS/c1-15-20-11-21(31-23(20)29(27-15)19-8-3-2-4-9-19)22(30)26-18-12-25-28(14-18)13-16-6-5-7-17(24)10-16/h2-12,14H,13H2,1H3,(H,26,30). The summed E-state index contributed by atoms with van der Waals surface area (Å²) in [6, 6.07) is 19.4. The average molecular weight is 448 g/mol. The summed E-state index contributed by atoms with van der Waals surface area (Å²) < 4.78 is 3.65. The predicted molar refractivity (Wildman–Crippen MR) is 124 cm³/mol. The highest BCUT2D eigenvalue weighted by molar-refractivity contribution is 7.20. The van der Waals surface area contributed by atoms with E-state index in [0.717, 1.165) is 27.2 Å². The molecular weight excluding hydrogens is 430 g/mol. The van der Waals surface area contributed by atoms with Crippen LogP contribution in [0.15, 0.2) is 73.1 Å². The zero-order valence-electron chi connectivity index (χ0n) is 16.6. The second kappa shape index (κ2) is 8.02. The molecule has 0 atom stereocenters. The molecule has 3 aromatic heterocycles. The first-order valence-corrected chi connectivity index (χ1v) is 10.9. The van der Waals surface area contributed by atoms with Crippen molar-refractivity contribution in [2.45, 2.75) is 13.5 Å². The van der Waals surface area contributed by atoms with Crippen LogP contribution in [-0.4, -0.2) is 25.5 Å². The van der Waals surface area contributed by atoms with Gasteiger partial charge in [0.25, 0.3) is 5.91 Å². The summed E-state index contributed by atoms with van der Waals surface area (Å²) in [4.78, 5) is 14.4. The number of para-hydroxylation sites is 1. The number of nitrogens with zero attached hydrogens (tertiary/aromatic N) is 4. The van der Waals surface area contributed by atoms with E-state index in [0.29, 0.717) is 22.1 Å². The van der Waals surface area contributed by atoms with Gasteiger partial charge in [-0.1, -0.05) is 41.9 Å². The van der Waals surface area contributed by atoms with Crippen LogP contribution in [0.3, 0.4) is 0 Å². The molecule has 154 valence electrons. The largest absolute Gasteiger partial charge is 0.319 e. The maximum atomic E-state index is 12.9. The molecule has 0 bridgehead atoms. The molecule has 0 radical (unpaired) electrons. The van der Waals surface area contributed by atoms with Crippen molar-refractivity contribution in [1.29, 1.82) is 0 Å². The lowest BCUT2D eigenvalue weighted by Gasteiger charge is -2.03. The van der Waals surface area contributed by atoms with E-state index in [1.165, 1.54) is 11.3 Å². The molecule has 0 aliphatic heterocycles. The number of carbonyl (C=O) groups excluding carboxylic acids is 1. The first kappa shape index (κ1) is 19.5. The van der Waals surface area contributed by atoms with Crippen molar-refractivity contribution in [3.05, 3.63) is 94.2 Å². The third kappa shape index (κ3) is 3.97. The lowest BCUT2D eigenvalue weighted by atomic mass is 10.2. The first-order valence-electron chi connectivity index (χ1n) is 9.70. The fourth-order valence-corrected chi connectivity index (χ4v) is 4.72. The van der Waals surface area contributed by atoms with Crippen molar-refractivity contribution >= 4 is 44.7 Å². The number of aryl methyl sites for hydroxylation is 1. The van der Waals surface area contributed by atoms with Crippen molar-refractivity contribution in [2.24, 2.45) is 0 Å². The van der Waals surface area contributed by atoms with Gasteiger partial charge in [0.1, 0.15) is 4.83 Å². The van der Waals surface area contributed by atoms with Crippen molar-refractivity contribution in [3.8, 4) is 5.69 Å². The van der Waals surface area contributed by atoms with Gasteiger partial charge in [0.05, 0.1) is 34.7 Å². The summed E-state index contributed by atoms with van der Waals surface area (Å²) >= 11 is 7.47. The van der Waals surface area contributed by atoms with Crippen molar-refractivity contribution in [3.63, 3.8) is 0 Å². The maximum Gasteiger partial charge on any atom is 0.265 e. The Morgan fingerprint density at radius 1 is 1.13 bits per heavy atom. The second-order valence-electron chi connectivity index (χ2n) is 7.17. The van der Waals surface area contributed by atoms with Gasteiger partial charge in [0, 0.05) is 16.6 Å². The quantitative estimate of drug-likeness (QED) is 0.384. The number of rotatable bonds is 5. The molecule has 1 amide bonds. The SMILES string of the molecule is Cc1nn(-c2ccccc2)c2sc(C(=O)Nc3cnn(Cc4cccc(Cl)c4)c3)cc12. The van der Waals surface area contributed by atoms with Gasteiger partial charge in [-0.25, -0.2) is 4.68 Å². The third-order valence-electron chi connectivity index (χ3n) is 4.89. The van der Waals surface area contributed by atoms with E-state index >= 15 is 0 Å². The number of thiophene rings is 1. The molecule has 1 N–H and O–H groups in total. The Hall–Kier alpha value is -3.42. The number of amides is 1. The van der Waals surface area contributed by atoms with Crippen LogP contribution in [0.4, 0.5) is 5.69 Å². The Morgan fingerprint density at radius 2 is 1.97 bits per heavy atom. The van der Waals surface area contributed by atoms with Crippen LogP contribution in [-0.2, 0) is 6.54 Å². The summed E-state index contributed by atoms with van der Waals surface area (Å²) in [5, 5.41) is 13.6. The molecule has 5 rings (SSSR count). The van der Waals surface area contributed by atoms with Gasteiger partial charge in [-0.15, -0.1) is 11.3 Å². The Morgan fingerprint density at radius 3 is 2.77 bits per heavy atom. The lowest BCUT2D eigenvalue weighted by Crippen LogP contribution is -2.09. The number of halogens is 1. The molecule has 5 aromatic rings. The van der Waals surface area contributed by atoms with Crippen molar-refractivity contribution in [1.82, 2.24) is 19.6 Å². The van der Waals surface area contributed by atoms with Crippen LogP contribution in [0, 0.1) is 6.92 Å². The van der Waals surface area contributed by atoms with E-state index in [9.17, 15) is 4.79 Å². The van der Waals surface area contributed by atoms with E-state index < -0.39 is 0 Å². The molecule has 2 aromatic carbocycles. The van der Waals surface area contributed by atoms with E-state index in [-0.39, 0.29) is 5.91 Å². The van der Waals surface area contributed by atoms with E-state index in [2.05, 4.69) is 15.5 Å². The Labute approximate surface area is 187 Å². The van der Waals surface area contributed by atoms with Crippen LogP contribution in [0.5, 0.6) is 0 Å². The average Bonchev–Trinajstić information content (AvgIpc) is 3.46. The van der Waals surface area contributed by atoms with Crippen LogP contribution < -0.4 is 5.32 Å². The fraction of sp³-hybridized carbons (Fsp3) is 0.0870. The molecule has 0 saturated heterocycles. The normalized spacial score (nSPS) is 11.2. The molecular formula is C23H18ClN5OS. The monoisotopic (exact) mass is 447 g/mol. The first-order chi connectivity index (χ1) is 15.1. The number of aromatic nitrogens is 4. The molecule has 0 aliphatic carbocycles. The molecule has 3 heterocycles. The van der Waals surface area contributed by atoms with Crippen LogP contribution in [0.2, 0.25) is 5.02 Å². The highest BCUT2D eigenvalue weighted by atomic mass is 35.5. The number of nitrogens with one attached hydrogen (secondary N) is 1. The van der Waals surface area contributed by atoms with Gasteiger partial charge in [-0.2, -0.15) is 10.2 Å². The van der Waals surface area contributed by atoms with Gasteiger partial charge in [0.2, 0.25) is 0 Å². The molecule has 0 aliphatic rings. The van der Waals surface area contributed by atoms with Crippen molar-refractivity contribution < 1.29 is 4.79 Å². The summed E-state index contributed by atoms with van der Waals surface area (Å²) in [6.45, 7) is 2.53. The highest BCUT2D eigenvalue weighted by Gasteiger charge is 2.17. The van der Waals surface area contributed by atoms with Crippen LogP contribution in [0.25, 0.3) is 15.9 Å². The fourth-order valence-electron chi connectivity index (χ4n) is 3.43. The number of carbonyl (C=O) groups is 1. The summed E-state index contributed by atoms with van der Waals surface area (Å²) in [5.74, 6) is -0.164. The van der Waals surface area contributed by atoms with E-state index in [4.69, 9.17) is 11.6 Å². The Bertz CT molecular complexity index is 1390. The zero-order valence-corrected chi connectivity index (χ0v) is 18.2. The minimum absolute atomic E-state index is 0.164. The molecule has 8 heteroatoms. The zero-order chi connectivity index (χ0) is 21.4. The molecule has 6 nitrogen and oxygen atoms in total. The van der Waals surface area contributed by atoms with Crippen LogP contribution in [0.1, 0.15) is 20.9 Å². The Balaban J connectivity index is 1.36. The third-order valence-corrected chi connectivity index (χ3v) is 6.24. The predicted octanol–water partition coefficient (Wildman–Crippen LogP) is 5.55.